The Kier molecular flexibility index (Phi) is 5.51. The second kappa shape index (κ2) is 8.52. The topological polar surface area (TPSA) is 110 Å². The number of amides is 3. The number of hydrogen-bond donors (Lipinski definition) is 1. The second-order valence-electron chi connectivity index (χ2n) is 9.32. The normalized spacial score (nSPS) is 25.9. The monoisotopic (exact) mass is 459 g/mol. The van der Waals surface area contributed by atoms with Crippen LogP contribution in [-0.4, -0.2) is 27.5 Å². The zero-order chi connectivity index (χ0) is 24.0. The first-order valence-electron chi connectivity index (χ1n) is 11.5. The molecular formula is C26H25N3O5. The van der Waals surface area contributed by atoms with Crippen molar-refractivity contribution in [3.8, 4) is 0 Å². The number of nitro benzene ring substituents is 1. The van der Waals surface area contributed by atoms with Crippen molar-refractivity contribution < 1.29 is 19.3 Å². The maximum absolute atomic E-state index is 13.5. The van der Waals surface area contributed by atoms with E-state index >= 15 is 0 Å². The minimum absolute atomic E-state index is 0.0585. The Labute approximate surface area is 196 Å². The summed E-state index contributed by atoms with van der Waals surface area (Å²) in [6.07, 6.45) is 5.87. The van der Waals surface area contributed by atoms with Crippen molar-refractivity contribution in [2.45, 2.75) is 32.2 Å². The fourth-order valence-electron chi connectivity index (χ4n) is 5.72. The van der Waals surface area contributed by atoms with Crippen molar-refractivity contribution in [1.82, 2.24) is 4.90 Å². The third-order valence-corrected chi connectivity index (χ3v) is 7.36. The third kappa shape index (κ3) is 3.69. The van der Waals surface area contributed by atoms with Crippen LogP contribution in [0.15, 0.2) is 60.7 Å². The van der Waals surface area contributed by atoms with Gasteiger partial charge in [-0.1, -0.05) is 42.5 Å². The molecule has 3 aliphatic carbocycles. The highest BCUT2D eigenvalue weighted by Gasteiger charge is 2.58. The van der Waals surface area contributed by atoms with Gasteiger partial charge in [0.2, 0.25) is 17.7 Å². The number of allylic oxidation sites excluding steroid dienone is 2. The highest BCUT2D eigenvalue weighted by molar-refractivity contribution is 6.07. The average molecular weight is 460 g/mol. The van der Waals surface area contributed by atoms with Crippen LogP contribution in [0.1, 0.15) is 36.4 Å². The van der Waals surface area contributed by atoms with E-state index in [1.165, 1.54) is 23.1 Å². The number of carbonyl (C=O) groups excluding carboxylic acids is 3. The molecule has 2 aromatic carbocycles. The maximum atomic E-state index is 13.5. The summed E-state index contributed by atoms with van der Waals surface area (Å²) in [4.78, 5) is 52.0. The summed E-state index contributed by atoms with van der Waals surface area (Å²) in [5.74, 6) is -1.30. The molecule has 0 spiro atoms. The van der Waals surface area contributed by atoms with Gasteiger partial charge in [0.15, 0.2) is 0 Å². The summed E-state index contributed by atoms with van der Waals surface area (Å²) in [6.45, 7) is 1.68. The second-order valence-corrected chi connectivity index (χ2v) is 9.32. The highest BCUT2D eigenvalue weighted by Crippen LogP contribution is 2.51. The number of anilines is 1. The fourth-order valence-corrected chi connectivity index (χ4v) is 5.72. The Balaban J connectivity index is 1.42. The van der Waals surface area contributed by atoms with E-state index in [4.69, 9.17) is 0 Å². The third-order valence-electron chi connectivity index (χ3n) is 7.36. The van der Waals surface area contributed by atoms with Gasteiger partial charge in [0.1, 0.15) is 0 Å². The minimum atomic E-state index is -0.718. The summed E-state index contributed by atoms with van der Waals surface area (Å²) < 4.78 is 0. The van der Waals surface area contributed by atoms with Crippen molar-refractivity contribution in [3.05, 3.63) is 81.9 Å². The molecule has 5 atom stereocenters. The number of benzene rings is 2. The molecule has 34 heavy (non-hydrogen) atoms. The van der Waals surface area contributed by atoms with Crippen LogP contribution < -0.4 is 5.32 Å². The van der Waals surface area contributed by atoms with Gasteiger partial charge in [-0.3, -0.25) is 29.4 Å². The van der Waals surface area contributed by atoms with Crippen molar-refractivity contribution in [2.24, 2.45) is 23.7 Å². The van der Waals surface area contributed by atoms with Gasteiger partial charge in [-0.2, -0.15) is 0 Å². The van der Waals surface area contributed by atoms with Gasteiger partial charge >= 0.3 is 0 Å². The lowest BCUT2D eigenvalue weighted by Crippen LogP contribution is -2.38. The molecule has 2 fully saturated rings. The molecule has 0 aromatic heterocycles. The number of non-ortho nitro benzene ring substituents is 1. The average Bonchev–Trinajstić information content (AvgIpc) is 3.12. The van der Waals surface area contributed by atoms with Gasteiger partial charge in [0.25, 0.3) is 5.69 Å². The Morgan fingerprint density at radius 2 is 1.68 bits per heavy atom. The molecule has 1 heterocycles. The van der Waals surface area contributed by atoms with E-state index < -0.39 is 11.0 Å². The van der Waals surface area contributed by atoms with Crippen LogP contribution in [0.2, 0.25) is 0 Å². The van der Waals surface area contributed by atoms with Gasteiger partial charge in [0, 0.05) is 17.8 Å². The van der Waals surface area contributed by atoms with Gasteiger partial charge in [0.05, 0.1) is 29.2 Å². The summed E-state index contributed by atoms with van der Waals surface area (Å²) in [5.41, 5.74) is 1.67. The summed E-state index contributed by atoms with van der Waals surface area (Å²) in [5, 5.41) is 13.8. The smallest absolute Gasteiger partial charge is 0.269 e. The van der Waals surface area contributed by atoms with Crippen molar-refractivity contribution in [1.29, 1.82) is 0 Å². The first-order valence-corrected chi connectivity index (χ1v) is 11.5. The molecule has 4 aliphatic rings. The zero-order valence-corrected chi connectivity index (χ0v) is 18.7. The van der Waals surface area contributed by atoms with Crippen LogP contribution in [0.5, 0.6) is 0 Å². The van der Waals surface area contributed by atoms with Crippen LogP contribution in [0, 0.1) is 40.7 Å². The molecule has 1 N–H and O–H groups in total. The lowest BCUT2D eigenvalue weighted by molar-refractivity contribution is -0.384. The van der Waals surface area contributed by atoms with Crippen molar-refractivity contribution in [2.75, 3.05) is 5.32 Å². The fraction of sp³-hybridized carbons (Fsp3) is 0.346. The lowest BCUT2D eigenvalue weighted by Gasteiger charge is -2.38. The number of fused-ring (bicyclic) bond motifs is 1. The number of imide groups is 1. The van der Waals surface area contributed by atoms with E-state index in [-0.39, 0.29) is 53.5 Å². The van der Waals surface area contributed by atoms with E-state index in [9.17, 15) is 24.5 Å². The standard InChI is InChI=1S/C26H25N3O5/c1-15-13-19(29(33)34)11-12-20(15)27-22(30)14-21(16-5-3-2-4-6-16)28-25(31)23-17-7-8-18(10-9-17)24(23)26(28)32/h2-8,11-13,17-18,21,23-24H,9-10,14H2,1H3,(H,27,30)/t17-,18-,21-,23-,24+/m0/s1. The first-order chi connectivity index (χ1) is 16.3. The minimum Gasteiger partial charge on any atom is -0.326 e. The Morgan fingerprint density at radius 1 is 1.06 bits per heavy atom. The molecule has 1 saturated heterocycles. The summed E-state index contributed by atoms with van der Waals surface area (Å²) >= 11 is 0. The number of nitro groups is 1. The Morgan fingerprint density at radius 3 is 2.21 bits per heavy atom. The zero-order valence-electron chi connectivity index (χ0n) is 18.7. The number of likely N-dealkylation sites (tertiary alicyclic amines) is 1. The lowest BCUT2D eigenvalue weighted by atomic mass is 9.63. The van der Waals surface area contributed by atoms with Crippen molar-refractivity contribution >= 4 is 29.1 Å². The molecule has 8 heteroatoms. The van der Waals surface area contributed by atoms with Gasteiger partial charge in [-0.25, -0.2) is 0 Å². The van der Waals surface area contributed by atoms with E-state index in [2.05, 4.69) is 17.5 Å². The molecule has 2 aromatic rings. The van der Waals surface area contributed by atoms with Gasteiger partial charge in [-0.05, 0) is 48.8 Å². The summed E-state index contributed by atoms with van der Waals surface area (Å²) in [7, 11) is 0. The predicted octanol–water partition coefficient (Wildman–Crippen LogP) is 4.17. The quantitative estimate of drug-likeness (QED) is 0.302. The SMILES string of the molecule is Cc1cc([N+](=O)[O-])ccc1NC(=O)C[C@@H](c1ccccc1)N1C(=O)[C@@H]2[C@H](C1=O)[C@H]1C=C[C@H]2CC1. The van der Waals surface area contributed by atoms with E-state index in [1.54, 1.807) is 6.92 Å². The van der Waals surface area contributed by atoms with E-state index in [0.717, 1.165) is 18.4 Å². The van der Waals surface area contributed by atoms with Gasteiger partial charge < -0.3 is 5.32 Å². The van der Waals surface area contributed by atoms with E-state index in [0.29, 0.717) is 11.3 Å². The van der Waals surface area contributed by atoms with Gasteiger partial charge in [-0.15, -0.1) is 0 Å². The van der Waals surface area contributed by atoms with Crippen LogP contribution in [0.25, 0.3) is 0 Å². The first kappa shape index (κ1) is 22.0. The molecule has 3 amide bonds. The maximum Gasteiger partial charge on any atom is 0.269 e. The number of nitrogens with one attached hydrogen (secondary N) is 1. The van der Waals surface area contributed by atoms with E-state index in [1.807, 2.05) is 30.3 Å². The molecule has 1 aliphatic heterocycles. The van der Waals surface area contributed by atoms with Crippen LogP contribution >= 0.6 is 0 Å². The molecule has 174 valence electrons. The molecular weight excluding hydrogens is 434 g/mol. The van der Waals surface area contributed by atoms with Crippen LogP contribution in [0.3, 0.4) is 0 Å². The summed E-state index contributed by atoms with van der Waals surface area (Å²) in [6, 6.07) is 12.6. The number of aryl methyl sites for hydroxylation is 1. The molecule has 8 nitrogen and oxygen atoms in total. The van der Waals surface area contributed by atoms with Crippen LogP contribution in [-0.2, 0) is 14.4 Å². The molecule has 2 bridgehead atoms. The number of carbonyl (C=O) groups is 3. The number of hydrogen-bond acceptors (Lipinski definition) is 5. The number of nitrogens with zero attached hydrogens (tertiary/aromatic N) is 2. The Hall–Kier alpha value is -3.81. The predicted molar refractivity (Wildman–Crippen MR) is 124 cm³/mol. The highest BCUT2D eigenvalue weighted by atomic mass is 16.6. The molecule has 1 saturated carbocycles. The number of rotatable bonds is 6. The molecule has 0 unspecified atom stereocenters. The molecule has 6 rings (SSSR count). The Bertz CT molecular complexity index is 1180. The van der Waals surface area contributed by atoms with Crippen molar-refractivity contribution in [3.63, 3.8) is 0 Å². The molecule has 0 radical (unpaired) electrons. The largest absolute Gasteiger partial charge is 0.326 e. The van der Waals surface area contributed by atoms with Crippen LogP contribution in [0.4, 0.5) is 11.4 Å².